The molecule has 0 saturated heterocycles. The van der Waals surface area contributed by atoms with Gasteiger partial charge >= 0.3 is 0 Å². The van der Waals surface area contributed by atoms with Crippen LogP contribution in [0.1, 0.15) is 5.56 Å². The zero-order valence-electron chi connectivity index (χ0n) is 13.7. The molecule has 0 spiro atoms. The summed E-state index contributed by atoms with van der Waals surface area (Å²) in [6, 6.07) is 11.7. The van der Waals surface area contributed by atoms with Crippen LogP contribution >= 0.6 is 0 Å². The summed E-state index contributed by atoms with van der Waals surface area (Å²) in [6.45, 7) is 0. The minimum atomic E-state index is -3.81. The SMILES string of the molecule is COc1ccc(S(=O)(=O)N/N=C/c2cn[nH]c2-c2ccc(F)cc2)cc1. The lowest BCUT2D eigenvalue weighted by molar-refractivity contribution is 0.414. The standard InChI is InChI=1S/C17H15FN4O3S/c1-25-15-6-8-16(9-7-15)26(23,24)22-20-11-13-10-19-21-17(13)12-2-4-14(18)5-3-12/h2-11,22H,1H3,(H,19,21)/b20-11+. The summed E-state index contributed by atoms with van der Waals surface area (Å²) in [5, 5.41) is 10.5. The van der Waals surface area contributed by atoms with Crippen LogP contribution in [0.3, 0.4) is 0 Å². The number of sulfonamides is 1. The lowest BCUT2D eigenvalue weighted by Crippen LogP contribution is -2.18. The predicted molar refractivity (Wildman–Crippen MR) is 94.9 cm³/mol. The van der Waals surface area contributed by atoms with Crippen LogP contribution in [0.25, 0.3) is 11.3 Å². The number of hydrazone groups is 1. The van der Waals surface area contributed by atoms with E-state index in [1.807, 2.05) is 0 Å². The Balaban J connectivity index is 1.76. The fourth-order valence-corrected chi connectivity index (χ4v) is 3.01. The lowest BCUT2D eigenvalue weighted by Gasteiger charge is -2.04. The van der Waals surface area contributed by atoms with Crippen molar-refractivity contribution in [3.63, 3.8) is 0 Å². The number of hydrogen-bond donors (Lipinski definition) is 2. The summed E-state index contributed by atoms with van der Waals surface area (Å²) in [6.07, 6.45) is 2.81. The first-order valence-electron chi connectivity index (χ1n) is 7.48. The third-order valence-electron chi connectivity index (χ3n) is 3.55. The van der Waals surface area contributed by atoms with Crippen molar-refractivity contribution in [3.8, 4) is 17.0 Å². The molecule has 3 aromatic rings. The van der Waals surface area contributed by atoms with Gasteiger partial charge in [0.05, 0.1) is 30.1 Å². The molecule has 0 radical (unpaired) electrons. The second-order valence-electron chi connectivity index (χ2n) is 5.24. The van der Waals surface area contributed by atoms with Gasteiger partial charge in [-0.1, -0.05) is 0 Å². The van der Waals surface area contributed by atoms with Gasteiger partial charge in [-0.2, -0.15) is 18.6 Å². The van der Waals surface area contributed by atoms with Gasteiger partial charge in [-0.25, -0.2) is 9.22 Å². The third-order valence-corrected chi connectivity index (χ3v) is 4.79. The van der Waals surface area contributed by atoms with Crippen molar-refractivity contribution in [1.29, 1.82) is 0 Å². The third kappa shape index (κ3) is 3.89. The molecule has 0 aliphatic heterocycles. The second kappa shape index (κ2) is 7.36. The molecule has 0 saturated carbocycles. The van der Waals surface area contributed by atoms with Crippen LogP contribution in [0, 0.1) is 5.82 Å². The van der Waals surface area contributed by atoms with Crippen LogP contribution < -0.4 is 9.57 Å². The van der Waals surface area contributed by atoms with E-state index in [2.05, 4.69) is 20.1 Å². The topological polar surface area (TPSA) is 96.4 Å². The monoisotopic (exact) mass is 374 g/mol. The summed E-state index contributed by atoms with van der Waals surface area (Å²) in [5.41, 5.74) is 1.84. The zero-order chi connectivity index (χ0) is 18.6. The summed E-state index contributed by atoms with van der Waals surface area (Å²) in [4.78, 5) is 2.19. The van der Waals surface area contributed by atoms with Crippen molar-refractivity contribution >= 4 is 16.2 Å². The highest BCUT2D eigenvalue weighted by atomic mass is 32.2. The number of aromatic nitrogens is 2. The lowest BCUT2D eigenvalue weighted by atomic mass is 10.1. The maximum atomic E-state index is 13.0. The van der Waals surface area contributed by atoms with Gasteiger partial charge in [0, 0.05) is 11.1 Å². The Morgan fingerprint density at radius 1 is 1.15 bits per heavy atom. The number of aromatic amines is 1. The number of hydrogen-bond acceptors (Lipinski definition) is 5. The van der Waals surface area contributed by atoms with Crippen molar-refractivity contribution in [1.82, 2.24) is 15.0 Å². The molecule has 0 aliphatic carbocycles. The smallest absolute Gasteiger partial charge is 0.276 e. The first-order valence-corrected chi connectivity index (χ1v) is 8.96. The summed E-state index contributed by atoms with van der Waals surface area (Å²) < 4.78 is 42.5. The molecular weight excluding hydrogens is 359 g/mol. The van der Waals surface area contributed by atoms with Gasteiger partial charge in [0.15, 0.2) is 0 Å². The summed E-state index contributed by atoms with van der Waals surface area (Å²) in [7, 11) is -2.31. The van der Waals surface area contributed by atoms with E-state index >= 15 is 0 Å². The minimum Gasteiger partial charge on any atom is -0.497 e. The maximum Gasteiger partial charge on any atom is 0.276 e. The molecule has 0 unspecified atom stereocenters. The Bertz CT molecular complexity index is 1010. The molecule has 0 bridgehead atoms. The van der Waals surface area contributed by atoms with Crippen LogP contribution in [0.2, 0.25) is 0 Å². The van der Waals surface area contributed by atoms with Crippen LogP contribution in [0.5, 0.6) is 5.75 Å². The van der Waals surface area contributed by atoms with Gasteiger partial charge in [0.1, 0.15) is 11.6 Å². The number of halogens is 1. The van der Waals surface area contributed by atoms with E-state index in [9.17, 15) is 12.8 Å². The molecule has 0 aliphatic rings. The number of rotatable bonds is 6. The quantitative estimate of drug-likeness (QED) is 0.512. The number of nitrogens with zero attached hydrogens (tertiary/aromatic N) is 2. The number of methoxy groups -OCH3 is 1. The Kier molecular flexibility index (Phi) is 4.99. The van der Waals surface area contributed by atoms with Crippen molar-refractivity contribution in [2.75, 3.05) is 7.11 Å². The molecule has 0 fully saturated rings. The van der Waals surface area contributed by atoms with E-state index in [1.165, 1.54) is 43.8 Å². The van der Waals surface area contributed by atoms with Crippen molar-refractivity contribution in [2.24, 2.45) is 5.10 Å². The van der Waals surface area contributed by atoms with E-state index in [4.69, 9.17) is 4.74 Å². The molecule has 3 rings (SSSR count). The molecule has 0 atom stereocenters. The average molecular weight is 374 g/mol. The fraction of sp³-hybridized carbons (Fsp3) is 0.0588. The van der Waals surface area contributed by atoms with Gasteiger partial charge in [0.25, 0.3) is 10.0 Å². The van der Waals surface area contributed by atoms with Gasteiger partial charge in [0.2, 0.25) is 0 Å². The number of benzene rings is 2. The minimum absolute atomic E-state index is 0.0569. The van der Waals surface area contributed by atoms with Gasteiger partial charge < -0.3 is 4.74 Å². The molecular formula is C17H15FN4O3S. The van der Waals surface area contributed by atoms with Crippen LogP contribution in [0.15, 0.2) is 64.7 Å². The second-order valence-corrected chi connectivity index (χ2v) is 6.90. The van der Waals surface area contributed by atoms with Gasteiger partial charge in [-0.3, -0.25) is 5.10 Å². The van der Waals surface area contributed by atoms with E-state index in [0.717, 1.165) is 0 Å². The van der Waals surface area contributed by atoms with Crippen molar-refractivity contribution in [2.45, 2.75) is 4.90 Å². The van der Waals surface area contributed by atoms with Crippen LogP contribution in [-0.4, -0.2) is 31.9 Å². The fourth-order valence-electron chi connectivity index (χ4n) is 2.21. The Morgan fingerprint density at radius 3 is 2.50 bits per heavy atom. The van der Waals surface area contributed by atoms with Gasteiger partial charge in [-0.15, -0.1) is 0 Å². The molecule has 9 heteroatoms. The number of H-pyrrole nitrogens is 1. The number of nitrogens with one attached hydrogen (secondary N) is 2. The van der Waals surface area contributed by atoms with E-state index in [1.54, 1.807) is 24.3 Å². The molecule has 2 N–H and O–H groups in total. The maximum absolute atomic E-state index is 13.0. The average Bonchev–Trinajstić information content (AvgIpc) is 3.11. The molecule has 26 heavy (non-hydrogen) atoms. The Hall–Kier alpha value is -3.20. The van der Waals surface area contributed by atoms with E-state index in [-0.39, 0.29) is 10.7 Å². The van der Waals surface area contributed by atoms with Crippen molar-refractivity contribution in [3.05, 3.63) is 66.1 Å². The highest BCUT2D eigenvalue weighted by molar-refractivity contribution is 7.89. The molecule has 134 valence electrons. The van der Waals surface area contributed by atoms with Gasteiger partial charge in [-0.05, 0) is 48.5 Å². The summed E-state index contributed by atoms with van der Waals surface area (Å²) in [5.74, 6) is 0.200. The van der Waals surface area contributed by atoms with E-state index in [0.29, 0.717) is 22.6 Å². The molecule has 7 nitrogen and oxygen atoms in total. The predicted octanol–water partition coefficient (Wildman–Crippen LogP) is 2.54. The Morgan fingerprint density at radius 2 is 1.85 bits per heavy atom. The molecule has 2 aromatic carbocycles. The first-order chi connectivity index (χ1) is 12.5. The molecule has 0 amide bonds. The normalized spacial score (nSPS) is 11.6. The molecule has 1 aromatic heterocycles. The highest BCUT2D eigenvalue weighted by Gasteiger charge is 2.13. The Labute approximate surface area is 149 Å². The number of ether oxygens (including phenoxy) is 1. The van der Waals surface area contributed by atoms with Crippen molar-refractivity contribution < 1.29 is 17.5 Å². The largest absolute Gasteiger partial charge is 0.497 e. The van der Waals surface area contributed by atoms with E-state index < -0.39 is 10.0 Å². The van der Waals surface area contributed by atoms with Crippen LogP contribution in [0.4, 0.5) is 4.39 Å². The van der Waals surface area contributed by atoms with Crippen LogP contribution in [-0.2, 0) is 10.0 Å². The molecule has 1 heterocycles. The zero-order valence-corrected chi connectivity index (χ0v) is 14.5. The first kappa shape index (κ1) is 17.6. The highest BCUT2D eigenvalue weighted by Crippen LogP contribution is 2.20. The summed E-state index contributed by atoms with van der Waals surface area (Å²) >= 11 is 0.